The third kappa shape index (κ3) is 2.53. The second kappa shape index (κ2) is 5.28. The van der Waals surface area contributed by atoms with Crippen molar-refractivity contribution in [3.63, 3.8) is 0 Å². The number of benzene rings is 1. The van der Waals surface area contributed by atoms with Gasteiger partial charge in [-0.25, -0.2) is 0 Å². The van der Waals surface area contributed by atoms with Crippen molar-refractivity contribution < 1.29 is 4.79 Å². The number of aromatic nitrogens is 1. The van der Waals surface area contributed by atoms with Crippen molar-refractivity contribution in [1.29, 1.82) is 0 Å². The highest BCUT2D eigenvalue weighted by Gasteiger charge is 2.19. The molecule has 0 bridgehead atoms. The van der Waals surface area contributed by atoms with Crippen LogP contribution in [0.4, 0.5) is 0 Å². The van der Waals surface area contributed by atoms with E-state index < -0.39 is 0 Å². The van der Waals surface area contributed by atoms with Crippen molar-refractivity contribution in [3.8, 4) is 11.3 Å². The Morgan fingerprint density at radius 2 is 1.74 bits per heavy atom. The summed E-state index contributed by atoms with van der Waals surface area (Å²) in [5, 5.41) is 3.25. The minimum absolute atomic E-state index is 0.0867. The van der Waals surface area contributed by atoms with E-state index >= 15 is 0 Å². The third-order valence-corrected chi connectivity index (χ3v) is 3.41. The molecule has 0 saturated carbocycles. The van der Waals surface area contributed by atoms with Gasteiger partial charge in [0.05, 0.1) is 0 Å². The minimum atomic E-state index is 0.0867. The van der Waals surface area contributed by atoms with Crippen LogP contribution in [-0.4, -0.2) is 42.0 Å². The summed E-state index contributed by atoms with van der Waals surface area (Å²) in [5.74, 6) is 0.0867. The smallest absolute Gasteiger partial charge is 0.270 e. The van der Waals surface area contributed by atoms with E-state index in [1.165, 1.54) is 0 Å². The Bertz CT molecular complexity index is 556. The molecular weight excluding hydrogens is 238 g/mol. The van der Waals surface area contributed by atoms with Gasteiger partial charge in [0, 0.05) is 31.9 Å². The Morgan fingerprint density at radius 1 is 1.00 bits per heavy atom. The maximum absolute atomic E-state index is 12.3. The van der Waals surface area contributed by atoms with E-state index in [9.17, 15) is 4.79 Å². The highest BCUT2D eigenvalue weighted by atomic mass is 16.2. The van der Waals surface area contributed by atoms with Crippen LogP contribution in [0.5, 0.6) is 0 Å². The second-order valence-electron chi connectivity index (χ2n) is 4.69. The molecule has 4 heteroatoms. The van der Waals surface area contributed by atoms with Crippen molar-refractivity contribution in [2.45, 2.75) is 0 Å². The summed E-state index contributed by atoms with van der Waals surface area (Å²) >= 11 is 0. The lowest BCUT2D eigenvalue weighted by atomic mass is 10.2. The molecule has 0 aliphatic carbocycles. The molecule has 1 amide bonds. The average Bonchev–Trinajstić information content (AvgIpc) is 2.98. The fourth-order valence-corrected chi connectivity index (χ4v) is 2.34. The number of nitrogens with one attached hydrogen (secondary N) is 2. The number of rotatable bonds is 2. The SMILES string of the molecule is O=C(c1ccc(-c2ccccc2)[nH]1)N1CCNCC1. The van der Waals surface area contributed by atoms with E-state index in [-0.39, 0.29) is 5.91 Å². The number of H-pyrrole nitrogens is 1. The molecule has 3 rings (SSSR count). The first-order valence-electron chi connectivity index (χ1n) is 6.59. The van der Waals surface area contributed by atoms with Gasteiger partial charge in [0.25, 0.3) is 5.91 Å². The lowest BCUT2D eigenvalue weighted by Gasteiger charge is -2.26. The van der Waals surface area contributed by atoms with E-state index in [0.717, 1.165) is 37.4 Å². The molecule has 2 aromatic rings. The number of hydrogen-bond acceptors (Lipinski definition) is 2. The van der Waals surface area contributed by atoms with Gasteiger partial charge in [0.2, 0.25) is 0 Å². The highest BCUT2D eigenvalue weighted by molar-refractivity contribution is 5.93. The molecule has 1 saturated heterocycles. The molecule has 1 fully saturated rings. The monoisotopic (exact) mass is 255 g/mol. The maximum Gasteiger partial charge on any atom is 0.270 e. The van der Waals surface area contributed by atoms with E-state index in [4.69, 9.17) is 0 Å². The zero-order valence-electron chi connectivity index (χ0n) is 10.7. The number of amides is 1. The number of carbonyl (C=O) groups is 1. The summed E-state index contributed by atoms with van der Waals surface area (Å²) in [4.78, 5) is 17.4. The van der Waals surface area contributed by atoms with Gasteiger partial charge < -0.3 is 15.2 Å². The first-order chi connectivity index (χ1) is 9.34. The maximum atomic E-state index is 12.3. The zero-order chi connectivity index (χ0) is 13.1. The van der Waals surface area contributed by atoms with E-state index in [0.29, 0.717) is 5.69 Å². The number of nitrogens with zero attached hydrogens (tertiary/aromatic N) is 1. The summed E-state index contributed by atoms with van der Waals surface area (Å²) in [7, 11) is 0. The fraction of sp³-hybridized carbons (Fsp3) is 0.267. The van der Waals surface area contributed by atoms with Crippen LogP contribution in [0.2, 0.25) is 0 Å². The van der Waals surface area contributed by atoms with Crippen molar-refractivity contribution in [3.05, 3.63) is 48.2 Å². The van der Waals surface area contributed by atoms with Crippen LogP contribution in [0.25, 0.3) is 11.3 Å². The van der Waals surface area contributed by atoms with Crippen molar-refractivity contribution in [2.75, 3.05) is 26.2 Å². The summed E-state index contributed by atoms with van der Waals surface area (Å²) in [5.41, 5.74) is 2.75. The molecule has 1 aliphatic heterocycles. The molecule has 2 heterocycles. The molecule has 1 aromatic heterocycles. The minimum Gasteiger partial charge on any atom is -0.351 e. The fourth-order valence-electron chi connectivity index (χ4n) is 2.34. The van der Waals surface area contributed by atoms with E-state index in [2.05, 4.69) is 10.3 Å². The quantitative estimate of drug-likeness (QED) is 0.858. The van der Waals surface area contributed by atoms with Gasteiger partial charge in [-0.15, -0.1) is 0 Å². The molecule has 0 atom stereocenters. The van der Waals surface area contributed by atoms with Crippen molar-refractivity contribution in [2.24, 2.45) is 0 Å². The molecule has 2 N–H and O–H groups in total. The van der Waals surface area contributed by atoms with E-state index in [1.807, 2.05) is 47.4 Å². The molecule has 98 valence electrons. The second-order valence-corrected chi connectivity index (χ2v) is 4.69. The molecule has 1 aliphatic rings. The van der Waals surface area contributed by atoms with E-state index in [1.54, 1.807) is 0 Å². The predicted octanol–water partition coefficient (Wildman–Crippen LogP) is 1.73. The van der Waals surface area contributed by atoms with Gasteiger partial charge in [-0.2, -0.15) is 0 Å². The van der Waals surface area contributed by atoms with Gasteiger partial charge >= 0.3 is 0 Å². The van der Waals surface area contributed by atoms with Crippen LogP contribution in [0.1, 0.15) is 10.5 Å². The first-order valence-corrected chi connectivity index (χ1v) is 6.59. The largest absolute Gasteiger partial charge is 0.351 e. The average molecular weight is 255 g/mol. The molecule has 0 radical (unpaired) electrons. The molecule has 19 heavy (non-hydrogen) atoms. The standard InChI is InChI=1S/C15H17N3O/c19-15(18-10-8-16-9-11-18)14-7-6-13(17-14)12-4-2-1-3-5-12/h1-7,16-17H,8-11H2. The lowest BCUT2D eigenvalue weighted by molar-refractivity contribution is 0.0730. The normalized spacial score (nSPS) is 15.5. The van der Waals surface area contributed by atoms with Gasteiger partial charge in [0.15, 0.2) is 0 Å². The highest BCUT2D eigenvalue weighted by Crippen LogP contribution is 2.18. The molecular formula is C15H17N3O. The van der Waals surface area contributed by atoms with Gasteiger partial charge in [-0.3, -0.25) is 4.79 Å². The van der Waals surface area contributed by atoms with Crippen LogP contribution in [0, 0.1) is 0 Å². The van der Waals surface area contributed by atoms with Crippen LogP contribution in [0.15, 0.2) is 42.5 Å². The third-order valence-electron chi connectivity index (χ3n) is 3.41. The Morgan fingerprint density at radius 3 is 2.47 bits per heavy atom. The van der Waals surface area contributed by atoms with Gasteiger partial charge in [-0.05, 0) is 17.7 Å². The number of aromatic amines is 1. The molecule has 0 unspecified atom stereocenters. The van der Waals surface area contributed by atoms with Crippen LogP contribution >= 0.6 is 0 Å². The first kappa shape index (κ1) is 12.0. The summed E-state index contributed by atoms with van der Waals surface area (Å²) in [6.07, 6.45) is 0. The Kier molecular flexibility index (Phi) is 3.33. The van der Waals surface area contributed by atoms with Crippen LogP contribution in [-0.2, 0) is 0 Å². The Hall–Kier alpha value is -2.07. The molecule has 1 aromatic carbocycles. The Balaban J connectivity index is 1.79. The van der Waals surface area contributed by atoms with Crippen LogP contribution < -0.4 is 5.32 Å². The number of piperazine rings is 1. The number of hydrogen-bond donors (Lipinski definition) is 2. The summed E-state index contributed by atoms with van der Waals surface area (Å²) in [6, 6.07) is 13.9. The Labute approximate surface area is 112 Å². The van der Waals surface area contributed by atoms with Crippen molar-refractivity contribution >= 4 is 5.91 Å². The van der Waals surface area contributed by atoms with Gasteiger partial charge in [-0.1, -0.05) is 30.3 Å². The topological polar surface area (TPSA) is 48.1 Å². The molecule has 0 spiro atoms. The zero-order valence-corrected chi connectivity index (χ0v) is 10.7. The summed E-state index contributed by atoms with van der Waals surface area (Å²) in [6.45, 7) is 3.30. The summed E-state index contributed by atoms with van der Waals surface area (Å²) < 4.78 is 0. The molecule has 4 nitrogen and oxygen atoms in total. The van der Waals surface area contributed by atoms with Crippen LogP contribution in [0.3, 0.4) is 0 Å². The van der Waals surface area contributed by atoms with Gasteiger partial charge in [0.1, 0.15) is 5.69 Å². The number of carbonyl (C=O) groups excluding carboxylic acids is 1. The van der Waals surface area contributed by atoms with Crippen molar-refractivity contribution in [1.82, 2.24) is 15.2 Å². The lowest BCUT2D eigenvalue weighted by Crippen LogP contribution is -2.46. The predicted molar refractivity (Wildman–Crippen MR) is 75.0 cm³/mol.